The predicted octanol–water partition coefficient (Wildman–Crippen LogP) is 3.00. The van der Waals surface area contributed by atoms with Crippen LogP contribution >= 0.6 is 0 Å². The smallest absolute Gasteiger partial charge is 0.254 e. The van der Waals surface area contributed by atoms with Gasteiger partial charge in [0.15, 0.2) is 0 Å². The number of hydrogen-bond donors (Lipinski definition) is 0. The van der Waals surface area contributed by atoms with Gasteiger partial charge in [0.1, 0.15) is 0 Å². The van der Waals surface area contributed by atoms with Gasteiger partial charge in [-0.25, -0.2) is 0 Å². The van der Waals surface area contributed by atoms with Crippen molar-refractivity contribution in [2.24, 2.45) is 0 Å². The molecule has 0 bridgehead atoms. The lowest BCUT2D eigenvalue weighted by Gasteiger charge is -2.36. The second-order valence-corrected chi connectivity index (χ2v) is 8.21. The molecule has 31 heavy (non-hydrogen) atoms. The first-order valence-corrected chi connectivity index (χ1v) is 11.1. The lowest BCUT2D eigenvalue weighted by atomic mass is 9.95. The number of nitrogens with zero attached hydrogens (tertiary/aromatic N) is 4. The zero-order valence-electron chi connectivity index (χ0n) is 17.8. The Morgan fingerprint density at radius 1 is 0.774 bits per heavy atom. The molecule has 0 radical (unpaired) electrons. The number of hydrogen-bond acceptors (Lipinski definition) is 4. The van der Waals surface area contributed by atoms with E-state index in [4.69, 9.17) is 0 Å². The molecule has 0 aromatic heterocycles. The van der Waals surface area contributed by atoms with Gasteiger partial charge in [-0.05, 0) is 37.0 Å². The van der Waals surface area contributed by atoms with Crippen molar-refractivity contribution in [2.45, 2.75) is 19.3 Å². The number of likely N-dealkylation sites (tertiary alicyclic amines) is 1. The van der Waals surface area contributed by atoms with Crippen LogP contribution in [0.2, 0.25) is 0 Å². The van der Waals surface area contributed by atoms with Crippen LogP contribution in [0.1, 0.15) is 35.2 Å². The Morgan fingerprint density at radius 3 is 2.13 bits per heavy atom. The van der Waals surface area contributed by atoms with Crippen LogP contribution in [0.3, 0.4) is 0 Å². The second kappa shape index (κ2) is 9.76. The van der Waals surface area contributed by atoms with Gasteiger partial charge >= 0.3 is 0 Å². The summed E-state index contributed by atoms with van der Waals surface area (Å²) in [4.78, 5) is 31.8. The molecule has 0 N–H and O–H groups in total. The number of carbonyl (C=O) groups is 2. The summed E-state index contributed by atoms with van der Waals surface area (Å²) in [6.45, 7) is 4.77. The minimum Gasteiger partial charge on any atom is -0.342 e. The summed E-state index contributed by atoms with van der Waals surface area (Å²) in [5.74, 6) is 0.184. The number of piperidine rings is 1. The fourth-order valence-electron chi connectivity index (χ4n) is 4.43. The van der Waals surface area contributed by atoms with Gasteiger partial charge in [0, 0.05) is 50.4 Å². The van der Waals surface area contributed by atoms with Crippen LogP contribution in [-0.2, 0) is 4.79 Å². The van der Waals surface area contributed by atoms with E-state index in [-0.39, 0.29) is 11.8 Å². The van der Waals surface area contributed by atoms with Crippen LogP contribution in [0.5, 0.6) is 0 Å². The van der Waals surface area contributed by atoms with Gasteiger partial charge in [0.05, 0.1) is 18.2 Å². The normalized spacial score (nSPS) is 17.3. The molecule has 0 spiro atoms. The van der Waals surface area contributed by atoms with Crippen molar-refractivity contribution in [1.29, 1.82) is 5.26 Å². The molecule has 0 saturated carbocycles. The highest BCUT2D eigenvalue weighted by Crippen LogP contribution is 2.28. The van der Waals surface area contributed by atoms with Gasteiger partial charge in [-0.3, -0.25) is 14.5 Å². The summed E-state index contributed by atoms with van der Waals surface area (Å²) >= 11 is 0. The SMILES string of the molecule is N#Cc1ccccc1-c1ccccc1C(=O)N1CCN(CC(=O)N2CCCCC2)CC1. The Balaban J connectivity index is 1.42. The standard InChI is InChI=1S/C25H28N4O2/c26-18-20-8-2-3-9-21(20)22-10-4-5-11-23(22)25(31)29-16-14-27(15-17-29)19-24(30)28-12-6-1-7-13-28/h2-5,8-11H,1,6-7,12-17,19H2. The van der Waals surface area contributed by atoms with Gasteiger partial charge in [-0.15, -0.1) is 0 Å². The molecule has 0 aliphatic carbocycles. The summed E-state index contributed by atoms with van der Waals surface area (Å²) in [5, 5.41) is 9.47. The average molecular weight is 417 g/mol. The summed E-state index contributed by atoms with van der Waals surface area (Å²) < 4.78 is 0. The summed E-state index contributed by atoms with van der Waals surface area (Å²) in [5.41, 5.74) is 2.74. The molecular formula is C25H28N4O2. The van der Waals surface area contributed by atoms with Crippen molar-refractivity contribution in [3.05, 3.63) is 59.7 Å². The molecule has 160 valence electrons. The highest BCUT2D eigenvalue weighted by molar-refractivity contribution is 6.01. The zero-order chi connectivity index (χ0) is 21.6. The summed E-state index contributed by atoms with van der Waals surface area (Å²) in [7, 11) is 0. The van der Waals surface area contributed by atoms with E-state index in [2.05, 4.69) is 11.0 Å². The molecule has 2 fully saturated rings. The summed E-state index contributed by atoms with van der Waals surface area (Å²) in [6.07, 6.45) is 3.41. The molecule has 2 aromatic rings. The van der Waals surface area contributed by atoms with Crippen molar-refractivity contribution in [3.8, 4) is 17.2 Å². The molecule has 2 aliphatic heterocycles. The molecule has 2 amide bonds. The minimum atomic E-state index is -0.0228. The van der Waals surface area contributed by atoms with E-state index in [1.54, 1.807) is 6.07 Å². The fourth-order valence-corrected chi connectivity index (χ4v) is 4.43. The molecular weight excluding hydrogens is 388 g/mol. The Kier molecular flexibility index (Phi) is 6.63. The molecule has 0 atom stereocenters. The van der Waals surface area contributed by atoms with Crippen LogP contribution in [0.4, 0.5) is 0 Å². The molecule has 2 heterocycles. The van der Waals surface area contributed by atoms with Crippen molar-refractivity contribution in [3.63, 3.8) is 0 Å². The lowest BCUT2D eigenvalue weighted by molar-refractivity contribution is -0.133. The molecule has 2 saturated heterocycles. The van der Waals surface area contributed by atoms with Crippen LogP contribution in [0.25, 0.3) is 11.1 Å². The van der Waals surface area contributed by atoms with Crippen molar-refractivity contribution < 1.29 is 9.59 Å². The fraction of sp³-hybridized carbons (Fsp3) is 0.400. The van der Waals surface area contributed by atoms with E-state index in [9.17, 15) is 14.9 Å². The predicted molar refractivity (Wildman–Crippen MR) is 119 cm³/mol. The van der Waals surface area contributed by atoms with E-state index in [0.717, 1.165) is 37.1 Å². The molecule has 6 heteroatoms. The number of nitriles is 1. The van der Waals surface area contributed by atoms with Gasteiger partial charge in [0.2, 0.25) is 5.91 Å². The number of rotatable bonds is 4. The molecule has 2 aromatic carbocycles. The van der Waals surface area contributed by atoms with Gasteiger partial charge in [-0.1, -0.05) is 36.4 Å². The highest BCUT2D eigenvalue weighted by atomic mass is 16.2. The van der Waals surface area contributed by atoms with Gasteiger partial charge < -0.3 is 9.80 Å². The Labute approximate surface area is 183 Å². The van der Waals surface area contributed by atoms with E-state index < -0.39 is 0 Å². The first-order chi connectivity index (χ1) is 15.2. The van der Waals surface area contributed by atoms with E-state index >= 15 is 0 Å². The van der Waals surface area contributed by atoms with Crippen LogP contribution < -0.4 is 0 Å². The van der Waals surface area contributed by atoms with Crippen LogP contribution in [-0.4, -0.2) is 72.3 Å². The Hall–Kier alpha value is -3.17. The van der Waals surface area contributed by atoms with Crippen LogP contribution in [0.15, 0.2) is 48.5 Å². The summed E-state index contributed by atoms with van der Waals surface area (Å²) in [6, 6.07) is 17.1. The minimum absolute atomic E-state index is 0.0228. The third-order valence-electron chi connectivity index (χ3n) is 6.22. The average Bonchev–Trinajstić information content (AvgIpc) is 2.84. The number of amides is 2. The third-order valence-corrected chi connectivity index (χ3v) is 6.22. The maximum atomic E-state index is 13.3. The van der Waals surface area contributed by atoms with Crippen LogP contribution in [0, 0.1) is 11.3 Å². The Bertz CT molecular complexity index is 983. The number of carbonyl (C=O) groups excluding carboxylic acids is 2. The topological polar surface area (TPSA) is 67.6 Å². The highest BCUT2D eigenvalue weighted by Gasteiger charge is 2.26. The Morgan fingerprint density at radius 2 is 1.42 bits per heavy atom. The molecule has 0 unspecified atom stereocenters. The van der Waals surface area contributed by atoms with Crippen molar-refractivity contribution in [1.82, 2.24) is 14.7 Å². The molecule has 2 aliphatic rings. The van der Waals surface area contributed by atoms with E-state index in [0.29, 0.717) is 43.9 Å². The lowest BCUT2D eigenvalue weighted by Crippen LogP contribution is -2.52. The monoisotopic (exact) mass is 416 g/mol. The zero-order valence-corrected chi connectivity index (χ0v) is 17.8. The number of benzene rings is 2. The van der Waals surface area contributed by atoms with E-state index in [1.807, 2.05) is 52.3 Å². The third kappa shape index (κ3) is 4.78. The first-order valence-electron chi connectivity index (χ1n) is 11.1. The van der Waals surface area contributed by atoms with Crippen molar-refractivity contribution in [2.75, 3.05) is 45.8 Å². The largest absolute Gasteiger partial charge is 0.342 e. The van der Waals surface area contributed by atoms with Gasteiger partial charge in [-0.2, -0.15) is 5.26 Å². The molecule has 4 rings (SSSR count). The first kappa shape index (κ1) is 21.1. The maximum absolute atomic E-state index is 13.3. The maximum Gasteiger partial charge on any atom is 0.254 e. The van der Waals surface area contributed by atoms with E-state index in [1.165, 1.54) is 6.42 Å². The quantitative estimate of drug-likeness (QED) is 0.769. The van der Waals surface area contributed by atoms with Gasteiger partial charge in [0.25, 0.3) is 5.91 Å². The second-order valence-electron chi connectivity index (χ2n) is 8.21. The number of piperazine rings is 1. The molecule has 6 nitrogen and oxygen atoms in total. The van der Waals surface area contributed by atoms with Crippen molar-refractivity contribution >= 4 is 11.8 Å².